The van der Waals surface area contributed by atoms with Crippen LogP contribution in [0.3, 0.4) is 0 Å². The van der Waals surface area contributed by atoms with Crippen LogP contribution in [0.1, 0.15) is 13.3 Å². The first-order valence-electron chi connectivity index (χ1n) is 11.7. The van der Waals surface area contributed by atoms with Crippen LogP contribution >= 0.6 is 0 Å². The molecule has 1 N–H and O–H groups in total. The fourth-order valence-electron chi connectivity index (χ4n) is 3.98. The highest BCUT2D eigenvalue weighted by Crippen LogP contribution is 2.32. The molecule has 0 aliphatic carbocycles. The minimum Gasteiger partial charge on any atom is -0.494 e. The summed E-state index contributed by atoms with van der Waals surface area (Å²) in [7, 11) is 0. The van der Waals surface area contributed by atoms with Crippen molar-refractivity contribution in [2.45, 2.75) is 13.3 Å². The quantitative estimate of drug-likeness (QED) is 0.623. The van der Waals surface area contributed by atoms with E-state index in [0.717, 1.165) is 68.0 Å². The van der Waals surface area contributed by atoms with E-state index >= 15 is 0 Å². The van der Waals surface area contributed by atoms with Gasteiger partial charge in [0.25, 0.3) is 0 Å². The molecule has 8 nitrogen and oxygen atoms in total. The third kappa shape index (κ3) is 6.52. The molecular weight excluding hydrogens is 422 g/mol. The maximum absolute atomic E-state index is 12.7. The zero-order valence-corrected chi connectivity index (χ0v) is 19.3. The first-order valence-corrected chi connectivity index (χ1v) is 11.7. The van der Waals surface area contributed by atoms with Crippen LogP contribution in [0.4, 0.5) is 17.1 Å². The predicted molar refractivity (Wildman–Crippen MR) is 129 cm³/mol. The molecule has 2 aliphatic heterocycles. The standard InChI is InChI=1S/C25H33N3O5/c1-2-32-21-4-6-22(7-5-21)33-14-9-25(29)26-23-8-3-20(27-10-15-30-16-11-27)19-24(23)28-12-17-31-18-13-28/h3-8,19H,2,9-18H2,1H3,(H,26,29). The fourth-order valence-corrected chi connectivity index (χ4v) is 3.98. The topological polar surface area (TPSA) is 72.5 Å². The number of carbonyl (C=O) groups is 1. The number of hydrogen-bond donors (Lipinski definition) is 1. The molecule has 2 fully saturated rings. The molecule has 0 spiro atoms. The van der Waals surface area contributed by atoms with E-state index in [1.807, 2.05) is 37.3 Å². The van der Waals surface area contributed by atoms with Gasteiger partial charge < -0.3 is 34.1 Å². The van der Waals surface area contributed by atoms with Crippen molar-refractivity contribution in [3.63, 3.8) is 0 Å². The van der Waals surface area contributed by atoms with Gasteiger partial charge in [-0.15, -0.1) is 0 Å². The Morgan fingerprint density at radius 2 is 1.48 bits per heavy atom. The Hall–Kier alpha value is -2.97. The van der Waals surface area contributed by atoms with E-state index in [2.05, 4.69) is 27.2 Å². The van der Waals surface area contributed by atoms with Crippen LogP contribution in [0.15, 0.2) is 42.5 Å². The van der Waals surface area contributed by atoms with Gasteiger partial charge in [-0.25, -0.2) is 0 Å². The second-order valence-electron chi connectivity index (χ2n) is 7.95. The van der Waals surface area contributed by atoms with Crippen molar-refractivity contribution < 1.29 is 23.7 Å². The van der Waals surface area contributed by atoms with Crippen LogP contribution in [0, 0.1) is 0 Å². The molecule has 178 valence electrons. The first-order chi connectivity index (χ1) is 16.2. The van der Waals surface area contributed by atoms with E-state index in [4.69, 9.17) is 18.9 Å². The molecule has 4 rings (SSSR count). The van der Waals surface area contributed by atoms with E-state index in [9.17, 15) is 4.79 Å². The molecule has 0 unspecified atom stereocenters. The molecule has 2 aromatic carbocycles. The third-order valence-corrected chi connectivity index (χ3v) is 5.72. The number of rotatable bonds is 9. The summed E-state index contributed by atoms with van der Waals surface area (Å²) in [6, 6.07) is 13.7. The maximum Gasteiger partial charge on any atom is 0.227 e. The molecule has 0 bridgehead atoms. The summed E-state index contributed by atoms with van der Waals surface area (Å²) in [5.74, 6) is 1.45. The molecule has 2 saturated heterocycles. The lowest BCUT2D eigenvalue weighted by Gasteiger charge is -2.33. The Kier molecular flexibility index (Phi) is 8.27. The summed E-state index contributed by atoms with van der Waals surface area (Å²) in [6.45, 7) is 9.07. The van der Waals surface area contributed by atoms with Crippen molar-refractivity contribution in [3.8, 4) is 11.5 Å². The summed E-state index contributed by atoms with van der Waals surface area (Å²) < 4.78 is 22.2. The average molecular weight is 456 g/mol. The number of carbonyl (C=O) groups excluding carboxylic acids is 1. The molecule has 2 heterocycles. The van der Waals surface area contributed by atoms with E-state index in [1.54, 1.807) is 0 Å². The van der Waals surface area contributed by atoms with E-state index in [-0.39, 0.29) is 12.3 Å². The van der Waals surface area contributed by atoms with Crippen LogP contribution in [0.2, 0.25) is 0 Å². The van der Waals surface area contributed by atoms with E-state index in [0.29, 0.717) is 26.4 Å². The zero-order chi connectivity index (χ0) is 22.9. The summed E-state index contributed by atoms with van der Waals surface area (Å²) in [5.41, 5.74) is 3.00. The molecule has 0 saturated carbocycles. The number of benzene rings is 2. The highest BCUT2D eigenvalue weighted by molar-refractivity contribution is 5.95. The maximum atomic E-state index is 12.7. The van der Waals surface area contributed by atoms with Crippen molar-refractivity contribution in [2.75, 3.05) is 80.9 Å². The van der Waals surface area contributed by atoms with Gasteiger partial charge in [0.15, 0.2) is 0 Å². The largest absolute Gasteiger partial charge is 0.494 e. The Morgan fingerprint density at radius 1 is 0.879 bits per heavy atom. The average Bonchev–Trinajstić information content (AvgIpc) is 2.86. The Labute approximate surface area is 195 Å². The lowest BCUT2D eigenvalue weighted by atomic mass is 10.1. The molecule has 0 aromatic heterocycles. The van der Waals surface area contributed by atoms with Gasteiger partial charge in [-0.05, 0) is 49.4 Å². The van der Waals surface area contributed by atoms with Crippen LogP contribution in [0.5, 0.6) is 11.5 Å². The van der Waals surface area contributed by atoms with Crippen molar-refractivity contribution in [2.24, 2.45) is 0 Å². The third-order valence-electron chi connectivity index (χ3n) is 5.72. The first kappa shape index (κ1) is 23.2. The summed E-state index contributed by atoms with van der Waals surface area (Å²) in [4.78, 5) is 17.3. The summed E-state index contributed by atoms with van der Waals surface area (Å²) >= 11 is 0. The Morgan fingerprint density at radius 3 is 2.12 bits per heavy atom. The van der Waals surface area contributed by atoms with E-state index in [1.165, 1.54) is 0 Å². The monoisotopic (exact) mass is 455 g/mol. The Bertz CT molecular complexity index is 893. The number of nitrogens with one attached hydrogen (secondary N) is 1. The fraction of sp³-hybridized carbons (Fsp3) is 0.480. The number of nitrogens with zero attached hydrogens (tertiary/aromatic N) is 2. The second kappa shape index (κ2) is 11.8. The minimum atomic E-state index is -0.0745. The van der Waals surface area contributed by atoms with Crippen LogP contribution < -0.4 is 24.6 Å². The smallest absolute Gasteiger partial charge is 0.227 e. The van der Waals surface area contributed by atoms with Gasteiger partial charge in [0.1, 0.15) is 11.5 Å². The van der Waals surface area contributed by atoms with Crippen molar-refractivity contribution >= 4 is 23.0 Å². The minimum absolute atomic E-state index is 0.0745. The highest BCUT2D eigenvalue weighted by Gasteiger charge is 2.19. The van der Waals surface area contributed by atoms with Gasteiger partial charge >= 0.3 is 0 Å². The molecule has 2 aliphatic rings. The number of anilines is 3. The number of morpholine rings is 2. The zero-order valence-electron chi connectivity index (χ0n) is 19.3. The molecule has 8 heteroatoms. The molecule has 0 radical (unpaired) electrons. The predicted octanol–water partition coefficient (Wildman–Crippen LogP) is 3.17. The molecule has 1 amide bonds. The van der Waals surface area contributed by atoms with Crippen molar-refractivity contribution in [1.29, 1.82) is 0 Å². The lowest BCUT2D eigenvalue weighted by Crippen LogP contribution is -2.38. The van der Waals surface area contributed by atoms with Gasteiger partial charge in [0, 0.05) is 31.9 Å². The number of hydrogen-bond acceptors (Lipinski definition) is 7. The normalized spacial score (nSPS) is 16.4. The van der Waals surface area contributed by atoms with Gasteiger partial charge in [0.05, 0.1) is 57.4 Å². The van der Waals surface area contributed by atoms with Crippen molar-refractivity contribution in [3.05, 3.63) is 42.5 Å². The number of ether oxygens (including phenoxy) is 4. The van der Waals surface area contributed by atoms with Crippen LogP contribution in [-0.2, 0) is 14.3 Å². The molecule has 0 atom stereocenters. The van der Waals surface area contributed by atoms with Gasteiger partial charge in [-0.2, -0.15) is 0 Å². The van der Waals surface area contributed by atoms with Gasteiger partial charge in [-0.1, -0.05) is 0 Å². The summed E-state index contributed by atoms with van der Waals surface area (Å²) in [6.07, 6.45) is 0.265. The SMILES string of the molecule is CCOc1ccc(OCCC(=O)Nc2ccc(N3CCOCC3)cc2N2CCOCC2)cc1. The molecule has 2 aromatic rings. The highest BCUT2D eigenvalue weighted by atomic mass is 16.5. The molecular formula is C25H33N3O5. The second-order valence-corrected chi connectivity index (χ2v) is 7.95. The Balaban J connectivity index is 1.37. The van der Waals surface area contributed by atoms with Gasteiger partial charge in [-0.3, -0.25) is 4.79 Å². The molecule has 33 heavy (non-hydrogen) atoms. The van der Waals surface area contributed by atoms with E-state index < -0.39 is 0 Å². The summed E-state index contributed by atoms with van der Waals surface area (Å²) in [5, 5.41) is 3.09. The van der Waals surface area contributed by atoms with Crippen LogP contribution in [0.25, 0.3) is 0 Å². The van der Waals surface area contributed by atoms with Crippen LogP contribution in [-0.4, -0.2) is 71.7 Å². The van der Waals surface area contributed by atoms with Crippen molar-refractivity contribution in [1.82, 2.24) is 0 Å². The van der Waals surface area contributed by atoms with Gasteiger partial charge in [0.2, 0.25) is 5.91 Å². The lowest BCUT2D eigenvalue weighted by molar-refractivity contribution is -0.116. The number of amides is 1.